The summed E-state index contributed by atoms with van der Waals surface area (Å²) in [6, 6.07) is 8.42. The maximum atomic E-state index is 12.3. The van der Waals surface area contributed by atoms with Gasteiger partial charge in [-0.1, -0.05) is 24.3 Å². The predicted octanol–water partition coefficient (Wildman–Crippen LogP) is 1.66. The minimum absolute atomic E-state index is 0.0180. The molecule has 1 aliphatic heterocycles. The van der Waals surface area contributed by atoms with Crippen LogP contribution in [0.5, 0.6) is 0 Å². The van der Waals surface area contributed by atoms with Crippen LogP contribution in [0.4, 0.5) is 0 Å². The molecule has 0 spiro atoms. The molecule has 0 bridgehead atoms. The maximum Gasteiger partial charge on any atom is 0.225 e. The number of rotatable bonds is 2. The van der Waals surface area contributed by atoms with Crippen LogP contribution in [0, 0.1) is 5.92 Å². The molecule has 4 heteroatoms. The molecular formula is C16H20N2O2. The van der Waals surface area contributed by atoms with E-state index in [-0.39, 0.29) is 23.8 Å². The number of carbonyl (C=O) groups is 2. The summed E-state index contributed by atoms with van der Waals surface area (Å²) < 4.78 is 0. The number of nitrogens with zero attached hydrogens (tertiary/aromatic N) is 1. The van der Waals surface area contributed by atoms with Gasteiger partial charge in [0.1, 0.15) is 0 Å². The molecule has 1 N–H and O–H groups in total. The second-order valence-corrected chi connectivity index (χ2v) is 5.83. The number of hydrogen-bond acceptors (Lipinski definition) is 2. The van der Waals surface area contributed by atoms with E-state index in [2.05, 4.69) is 17.4 Å². The predicted molar refractivity (Wildman–Crippen MR) is 76.0 cm³/mol. The smallest absolute Gasteiger partial charge is 0.225 e. The van der Waals surface area contributed by atoms with Crippen molar-refractivity contribution < 1.29 is 9.59 Å². The van der Waals surface area contributed by atoms with Crippen LogP contribution < -0.4 is 5.32 Å². The third-order valence-corrected chi connectivity index (χ3v) is 4.40. The van der Waals surface area contributed by atoms with Crippen molar-refractivity contribution in [1.82, 2.24) is 10.2 Å². The third kappa shape index (κ3) is 2.42. The molecule has 2 aliphatic rings. The lowest BCUT2D eigenvalue weighted by Crippen LogP contribution is -2.36. The van der Waals surface area contributed by atoms with E-state index in [9.17, 15) is 9.59 Å². The first-order chi connectivity index (χ1) is 9.65. The van der Waals surface area contributed by atoms with Gasteiger partial charge in [0.05, 0.1) is 12.0 Å². The van der Waals surface area contributed by atoms with Gasteiger partial charge in [-0.05, 0) is 30.4 Å². The van der Waals surface area contributed by atoms with E-state index in [1.807, 2.05) is 12.1 Å². The second-order valence-electron chi connectivity index (χ2n) is 5.83. The molecular weight excluding hydrogens is 252 g/mol. The largest absolute Gasteiger partial charge is 0.349 e. The summed E-state index contributed by atoms with van der Waals surface area (Å²) in [5.74, 6) is -0.111. The van der Waals surface area contributed by atoms with Crippen molar-refractivity contribution in [2.75, 3.05) is 13.6 Å². The summed E-state index contributed by atoms with van der Waals surface area (Å²) in [6.07, 6.45) is 3.52. The zero-order valence-electron chi connectivity index (χ0n) is 11.8. The number of nitrogens with one attached hydrogen (secondary N) is 1. The molecule has 1 aliphatic carbocycles. The molecule has 20 heavy (non-hydrogen) atoms. The quantitative estimate of drug-likeness (QED) is 0.890. The first-order valence-corrected chi connectivity index (χ1v) is 7.27. The maximum absolute atomic E-state index is 12.3. The molecule has 1 saturated heterocycles. The zero-order valence-corrected chi connectivity index (χ0v) is 11.8. The first-order valence-electron chi connectivity index (χ1n) is 7.27. The molecule has 1 aromatic rings. The van der Waals surface area contributed by atoms with Gasteiger partial charge in [0.15, 0.2) is 0 Å². The summed E-state index contributed by atoms with van der Waals surface area (Å²) in [7, 11) is 1.76. The minimum atomic E-state index is -0.193. The molecule has 4 nitrogen and oxygen atoms in total. The van der Waals surface area contributed by atoms with Gasteiger partial charge in [0.2, 0.25) is 11.8 Å². The fraction of sp³-hybridized carbons (Fsp3) is 0.500. The zero-order chi connectivity index (χ0) is 14.1. The lowest BCUT2D eigenvalue weighted by molar-refractivity contribution is -0.128. The monoisotopic (exact) mass is 272 g/mol. The van der Waals surface area contributed by atoms with E-state index < -0.39 is 0 Å². The SMILES string of the molecule is CN1CC(C(=O)NC2CCCc3ccccc32)CC1=O. The van der Waals surface area contributed by atoms with Crippen molar-refractivity contribution in [2.24, 2.45) is 5.92 Å². The minimum Gasteiger partial charge on any atom is -0.349 e. The van der Waals surface area contributed by atoms with Gasteiger partial charge in [-0.15, -0.1) is 0 Å². The normalized spacial score (nSPS) is 25.4. The summed E-state index contributed by atoms with van der Waals surface area (Å²) in [6.45, 7) is 0.541. The van der Waals surface area contributed by atoms with Gasteiger partial charge in [0, 0.05) is 20.0 Å². The highest BCUT2D eigenvalue weighted by atomic mass is 16.2. The molecule has 2 unspecified atom stereocenters. The number of hydrogen-bond donors (Lipinski definition) is 1. The Balaban J connectivity index is 1.70. The lowest BCUT2D eigenvalue weighted by atomic mass is 9.87. The van der Waals surface area contributed by atoms with Gasteiger partial charge in [0.25, 0.3) is 0 Å². The average molecular weight is 272 g/mol. The van der Waals surface area contributed by atoms with E-state index in [0.717, 1.165) is 19.3 Å². The molecule has 0 aromatic heterocycles. The third-order valence-electron chi connectivity index (χ3n) is 4.40. The van der Waals surface area contributed by atoms with Crippen molar-refractivity contribution in [1.29, 1.82) is 0 Å². The second kappa shape index (κ2) is 5.27. The molecule has 106 valence electrons. The Kier molecular flexibility index (Phi) is 3.47. The van der Waals surface area contributed by atoms with Crippen molar-refractivity contribution >= 4 is 11.8 Å². The van der Waals surface area contributed by atoms with Crippen LogP contribution in [0.15, 0.2) is 24.3 Å². The van der Waals surface area contributed by atoms with Gasteiger partial charge >= 0.3 is 0 Å². The van der Waals surface area contributed by atoms with Gasteiger partial charge < -0.3 is 10.2 Å². The van der Waals surface area contributed by atoms with E-state index in [4.69, 9.17) is 0 Å². The number of benzene rings is 1. The number of amides is 2. The molecule has 3 rings (SSSR count). The Morgan fingerprint density at radius 3 is 2.90 bits per heavy atom. The molecule has 2 amide bonds. The van der Waals surface area contributed by atoms with Gasteiger partial charge in [-0.3, -0.25) is 9.59 Å². The Bertz CT molecular complexity index is 541. The summed E-state index contributed by atoms with van der Waals surface area (Å²) in [5.41, 5.74) is 2.58. The van der Waals surface area contributed by atoms with Crippen LogP contribution in [-0.4, -0.2) is 30.3 Å². The van der Waals surface area contributed by atoms with Crippen LogP contribution in [0.25, 0.3) is 0 Å². The molecule has 1 fully saturated rings. The lowest BCUT2D eigenvalue weighted by Gasteiger charge is -2.27. The Morgan fingerprint density at radius 2 is 2.15 bits per heavy atom. The number of aryl methyl sites for hydroxylation is 1. The standard InChI is InChI=1S/C16H20N2O2/c1-18-10-12(9-15(18)19)16(20)17-14-8-4-6-11-5-2-3-7-13(11)14/h2-3,5,7,12,14H,4,6,8-10H2,1H3,(H,17,20). The van der Waals surface area contributed by atoms with Crippen molar-refractivity contribution in [3.63, 3.8) is 0 Å². The molecule has 2 atom stereocenters. The first kappa shape index (κ1) is 13.2. The highest BCUT2D eigenvalue weighted by Crippen LogP contribution is 2.30. The van der Waals surface area contributed by atoms with Crippen molar-refractivity contribution in [2.45, 2.75) is 31.7 Å². The fourth-order valence-electron chi connectivity index (χ4n) is 3.23. The van der Waals surface area contributed by atoms with Crippen molar-refractivity contribution in [3.05, 3.63) is 35.4 Å². The molecule has 0 saturated carbocycles. The fourth-order valence-corrected chi connectivity index (χ4v) is 3.23. The van der Waals surface area contributed by atoms with Gasteiger partial charge in [-0.25, -0.2) is 0 Å². The summed E-state index contributed by atoms with van der Waals surface area (Å²) in [4.78, 5) is 25.5. The van der Waals surface area contributed by atoms with Crippen LogP contribution in [-0.2, 0) is 16.0 Å². The van der Waals surface area contributed by atoms with E-state index in [1.165, 1.54) is 11.1 Å². The number of carbonyl (C=O) groups excluding carboxylic acids is 2. The highest BCUT2D eigenvalue weighted by Gasteiger charge is 2.33. The van der Waals surface area contributed by atoms with E-state index >= 15 is 0 Å². The van der Waals surface area contributed by atoms with Crippen LogP contribution in [0.1, 0.15) is 36.4 Å². The Morgan fingerprint density at radius 1 is 1.35 bits per heavy atom. The summed E-state index contributed by atoms with van der Waals surface area (Å²) >= 11 is 0. The Labute approximate surface area is 119 Å². The topological polar surface area (TPSA) is 49.4 Å². The molecule has 1 heterocycles. The highest BCUT2D eigenvalue weighted by molar-refractivity contribution is 5.89. The average Bonchev–Trinajstić information content (AvgIpc) is 2.79. The molecule has 1 aromatic carbocycles. The van der Waals surface area contributed by atoms with Crippen LogP contribution in [0.3, 0.4) is 0 Å². The molecule has 0 radical (unpaired) electrons. The summed E-state index contributed by atoms with van der Waals surface area (Å²) in [5, 5.41) is 3.14. The Hall–Kier alpha value is -1.84. The van der Waals surface area contributed by atoms with E-state index in [1.54, 1.807) is 11.9 Å². The van der Waals surface area contributed by atoms with Crippen LogP contribution in [0.2, 0.25) is 0 Å². The van der Waals surface area contributed by atoms with Crippen LogP contribution >= 0.6 is 0 Å². The van der Waals surface area contributed by atoms with E-state index in [0.29, 0.717) is 13.0 Å². The van der Waals surface area contributed by atoms with Gasteiger partial charge in [-0.2, -0.15) is 0 Å². The number of likely N-dealkylation sites (tertiary alicyclic amines) is 1. The number of fused-ring (bicyclic) bond motifs is 1. The van der Waals surface area contributed by atoms with Crippen molar-refractivity contribution in [3.8, 4) is 0 Å².